The van der Waals surface area contributed by atoms with Crippen LogP contribution in [0.3, 0.4) is 0 Å². The van der Waals surface area contributed by atoms with Crippen molar-refractivity contribution in [2.45, 2.75) is 13.0 Å². The van der Waals surface area contributed by atoms with Gasteiger partial charge >= 0.3 is 0 Å². The van der Waals surface area contributed by atoms with Crippen LogP contribution in [0, 0.1) is 0 Å². The van der Waals surface area contributed by atoms with Gasteiger partial charge in [-0.25, -0.2) is 0 Å². The first-order valence-corrected chi connectivity index (χ1v) is 4.91. The van der Waals surface area contributed by atoms with Crippen molar-refractivity contribution < 1.29 is 0 Å². The lowest BCUT2D eigenvalue weighted by Gasteiger charge is -2.07. The first-order chi connectivity index (χ1) is 6.72. The van der Waals surface area contributed by atoms with E-state index in [0.29, 0.717) is 0 Å². The summed E-state index contributed by atoms with van der Waals surface area (Å²) >= 11 is 5.93. The monoisotopic (exact) mass is 209 g/mol. The molecule has 4 heteroatoms. The summed E-state index contributed by atoms with van der Waals surface area (Å²) in [6.45, 7) is 2.08. The molecule has 1 aromatic heterocycles. The number of aromatic nitrogens is 2. The molecular formula is C10H12ClN3. The second-order valence-corrected chi connectivity index (χ2v) is 3.75. The number of H-pyrrole nitrogens is 1. The van der Waals surface area contributed by atoms with E-state index in [1.165, 1.54) is 0 Å². The summed E-state index contributed by atoms with van der Waals surface area (Å²) in [7, 11) is 1.92. The number of hydrogen-bond acceptors (Lipinski definition) is 2. The van der Waals surface area contributed by atoms with Gasteiger partial charge in [-0.15, -0.1) is 0 Å². The van der Waals surface area contributed by atoms with E-state index >= 15 is 0 Å². The molecule has 0 amide bonds. The molecule has 0 saturated carbocycles. The van der Waals surface area contributed by atoms with Gasteiger partial charge in [-0.3, -0.25) is 5.10 Å². The summed E-state index contributed by atoms with van der Waals surface area (Å²) in [5, 5.41) is 12.2. The SMILES string of the molecule is CNC(C)c1[nH]nc2ccc(Cl)cc12. The molecule has 2 rings (SSSR count). The number of halogens is 1. The summed E-state index contributed by atoms with van der Waals surface area (Å²) in [5.41, 5.74) is 2.02. The Morgan fingerprint density at radius 3 is 3.00 bits per heavy atom. The van der Waals surface area contributed by atoms with Gasteiger partial charge in [-0.1, -0.05) is 11.6 Å². The van der Waals surface area contributed by atoms with Gasteiger partial charge in [0.1, 0.15) is 0 Å². The quantitative estimate of drug-likeness (QED) is 0.798. The van der Waals surface area contributed by atoms with Gasteiger partial charge in [0.2, 0.25) is 0 Å². The maximum Gasteiger partial charge on any atom is 0.0925 e. The standard InChI is InChI=1S/C10H12ClN3/c1-6(12-2)10-8-5-7(11)3-4-9(8)13-14-10/h3-6,12H,1-2H3,(H,13,14). The van der Waals surface area contributed by atoms with Crippen molar-refractivity contribution in [1.29, 1.82) is 0 Å². The predicted molar refractivity (Wildman–Crippen MR) is 58.6 cm³/mol. The number of fused-ring (bicyclic) bond motifs is 1. The molecule has 0 saturated heterocycles. The maximum absolute atomic E-state index is 5.93. The lowest BCUT2D eigenvalue weighted by atomic mass is 10.1. The van der Waals surface area contributed by atoms with Gasteiger partial charge in [0.25, 0.3) is 0 Å². The fourth-order valence-electron chi connectivity index (χ4n) is 1.48. The van der Waals surface area contributed by atoms with E-state index in [9.17, 15) is 0 Å². The zero-order valence-electron chi connectivity index (χ0n) is 8.13. The van der Waals surface area contributed by atoms with E-state index in [-0.39, 0.29) is 6.04 Å². The summed E-state index contributed by atoms with van der Waals surface area (Å²) in [6.07, 6.45) is 0. The highest BCUT2D eigenvalue weighted by Gasteiger charge is 2.10. The summed E-state index contributed by atoms with van der Waals surface area (Å²) in [5.74, 6) is 0. The first kappa shape index (κ1) is 9.49. The molecule has 1 unspecified atom stereocenters. The van der Waals surface area contributed by atoms with E-state index < -0.39 is 0 Å². The third-order valence-corrected chi connectivity index (χ3v) is 2.65. The van der Waals surface area contributed by atoms with Crippen LogP contribution < -0.4 is 5.32 Å². The highest BCUT2D eigenvalue weighted by atomic mass is 35.5. The molecule has 14 heavy (non-hydrogen) atoms. The van der Waals surface area contributed by atoms with E-state index in [2.05, 4.69) is 22.4 Å². The van der Waals surface area contributed by atoms with Crippen LogP contribution in [-0.2, 0) is 0 Å². The number of rotatable bonds is 2. The van der Waals surface area contributed by atoms with Gasteiger partial charge < -0.3 is 5.32 Å². The van der Waals surface area contributed by atoms with Crippen LogP contribution in [0.25, 0.3) is 10.9 Å². The molecule has 1 heterocycles. The first-order valence-electron chi connectivity index (χ1n) is 4.53. The number of aromatic amines is 1. The largest absolute Gasteiger partial charge is 0.312 e. The third-order valence-electron chi connectivity index (χ3n) is 2.41. The average Bonchev–Trinajstić information content (AvgIpc) is 2.59. The molecule has 0 aliphatic heterocycles. The minimum Gasteiger partial charge on any atom is -0.312 e. The lowest BCUT2D eigenvalue weighted by molar-refractivity contribution is 0.634. The number of nitrogens with one attached hydrogen (secondary N) is 2. The van der Waals surface area contributed by atoms with Crippen molar-refractivity contribution in [3.8, 4) is 0 Å². The lowest BCUT2D eigenvalue weighted by Crippen LogP contribution is -2.12. The van der Waals surface area contributed by atoms with Crippen LogP contribution in [0.2, 0.25) is 5.02 Å². The van der Waals surface area contributed by atoms with Crippen molar-refractivity contribution in [2.24, 2.45) is 0 Å². The minimum atomic E-state index is 0.249. The van der Waals surface area contributed by atoms with Crippen LogP contribution in [0.1, 0.15) is 18.7 Å². The molecule has 0 aliphatic rings. The highest BCUT2D eigenvalue weighted by molar-refractivity contribution is 6.31. The average molecular weight is 210 g/mol. The van der Waals surface area contributed by atoms with Crippen molar-refractivity contribution in [3.05, 3.63) is 28.9 Å². The zero-order chi connectivity index (χ0) is 10.1. The second-order valence-electron chi connectivity index (χ2n) is 3.31. The van der Waals surface area contributed by atoms with Crippen LogP contribution in [0.4, 0.5) is 0 Å². The third kappa shape index (κ3) is 1.49. The normalized spacial score (nSPS) is 13.4. The Labute approximate surface area is 87.5 Å². The number of benzene rings is 1. The van der Waals surface area contributed by atoms with E-state index in [4.69, 9.17) is 11.6 Å². The topological polar surface area (TPSA) is 40.7 Å². The predicted octanol–water partition coefficient (Wildman–Crippen LogP) is 2.50. The molecule has 1 aromatic carbocycles. The molecule has 1 atom stereocenters. The molecule has 0 aliphatic carbocycles. The maximum atomic E-state index is 5.93. The Balaban J connectivity index is 2.61. The number of hydrogen-bond donors (Lipinski definition) is 2. The summed E-state index contributed by atoms with van der Waals surface area (Å²) in [4.78, 5) is 0. The Morgan fingerprint density at radius 1 is 1.50 bits per heavy atom. The second kappa shape index (κ2) is 3.59. The molecule has 0 spiro atoms. The highest BCUT2D eigenvalue weighted by Crippen LogP contribution is 2.24. The molecular weight excluding hydrogens is 198 g/mol. The van der Waals surface area contributed by atoms with Gasteiger partial charge in [0.05, 0.1) is 11.2 Å². The Hall–Kier alpha value is -1.06. The van der Waals surface area contributed by atoms with Gasteiger partial charge in [0.15, 0.2) is 0 Å². The molecule has 0 fully saturated rings. The van der Waals surface area contributed by atoms with Gasteiger partial charge in [-0.05, 0) is 32.2 Å². The summed E-state index contributed by atoms with van der Waals surface area (Å²) < 4.78 is 0. The Kier molecular flexibility index (Phi) is 2.44. The van der Waals surface area contributed by atoms with Crippen molar-refractivity contribution in [3.63, 3.8) is 0 Å². The smallest absolute Gasteiger partial charge is 0.0925 e. The molecule has 3 nitrogen and oxygen atoms in total. The van der Waals surface area contributed by atoms with Gasteiger partial charge in [-0.2, -0.15) is 5.10 Å². The fourth-order valence-corrected chi connectivity index (χ4v) is 1.65. The van der Waals surface area contributed by atoms with E-state index in [1.54, 1.807) is 0 Å². The summed E-state index contributed by atoms with van der Waals surface area (Å²) in [6, 6.07) is 5.95. The molecule has 0 radical (unpaired) electrons. The number of nitrogens with zero attached hydrogens (tertiary/aromatic N) is 1. The molecule has 74 valence electrons. The minimum absolute atomic E-state index is 0.249. The Bertz CT molecular complexity index is 450. The van der Waals surface area contributed by atoms with E-state index in [1.807, 2.05) is 25.2 Å². The van der Waals surface area contributed by atoms with Crippen molar-refractivity contribution >= 4 is 22.5 Å². The Morgan fingerprint density at radius 2 is 2.29 bits per heavy atom. The van der Waals surface area contributed by atoms with Crippen LogP contribution in [0.5, 0.6) is 0 Å². The van der Waals surface area contributed by atoms with Crippen LogP contribution in [-0.4, -0.2) is 17.2 Å². The van der Waals surface area contributed by atoms with E-state index in [0.717, 1.165) is 21.6 Å². The van der Waals surface area contributed by atoms with Gasteiger partial charge in [0, 0.05) is 16.5 Å². The molecule has 2 aromatic rings. The van der Waals surface area contributed by atoms with Crippen LogP contribution in [0.15, 0.2) is 18.2 Å². The molecule has 2 N–H and O–H groups in total. The fraction of sp³-hybridized carbons (Fsp3) is 0.300. The molecule has 0 bridgehead atoms. The zero-order valence-corrected chi connectivity index (χ0v) is 8.89. The van der Waals surface area contributed by atoms with Crippen molar-refractivity contribution in [2.75, 3.05) is 7.05 Å². The van der Waals surface area contributed by atoms with Crippen molar-refractivity contribution in [1.82, 2.24) is 15.5 Å². The van der Waals surface area contributed by atoms with Crippen LogP contribution >= 0.6 is 11.6 Å².